The molecule has 3 N–H and O–H groups in total. The molecule has 0 amide bonds. The first-order chi connectivity index (χ1) is 14.2. The van der Waals surface area contributed by atoms with E-state index < -0.39 is 6.10 Å². The van der Waals surface area contributed by atoms with Crippen LogP contribution in [0.25, 0.3) is 0 Å². The van der Waals surface area contributed by atoms with E-state index in [2.05, 4.69) is 82.9 Å². The second-order valence-electron chi connectivity index (χ2n) is 7.82. The normalized spacial score (nSPS) is 16.7. The molecule has 1 heterocycles. The fourth-order valence-corrected chi connectivity index (χ4v) is 3.75. The molecule has 2 unspecified atom stereocenters. The lowest BCUT2D eigenvalue weighted by atomic mass is 10.00. The van der Waals surface area contributed by atoms with Gasteiger partial charge < -0.3 is 15.7 Å². The Balaban J connectivity index is 1.48. The maximum atomic E-state index is 10.5. The van der Waals surface area contributed by atoms with Crippen molar-refractivity contribution in [3.05, 3.63) is 71.3 Å². The topological polar surface area (TPSA) is 59.9 Å². The van der Waals surface area contributed by atoms with Crippen molar-refractivity contribution < 1.29 is 5.11 Å². The summed E-state index contributed by atoms with van der Waals surface area (Å²) in [6.07, 6.45) is 0.579. The number of guanidine groups is 1. The summed E-state index contributed by atoms with van der Waals surface area (Å²) in [5.74, 6) is 1.15. The van der Waals surface area contributed by atoms with Crippen LogP contribution in [0, 0.1) is 0 Å². The Morgan fingerprint density at radius 3 is 2.55 bits per heavy atom. The Hall–Kier alpha value is -2.37. The van der Waals surface area contributed by atoms with Crippen molar-refractivity contribution >= 4 is 5.96 Å². The molecule has 1 aliphatic rings. The van der Waals surface area contributed by atoms with E-state index in [1.807, 2.05) is 6.07 Å². The number of β-amino-alcohol motifs (C(OH)–C–C–N with tert-alkyl or cyclic N) is 1. The number of hydrogen-bond donors (Lipinski definition) is 3. The largest absolute Gasteiger partial charge is 0.390 e. The van der Waals surface area contributed by atoms with E-state index in [4.69, 9.17) is 0 Å². The van der Waals surface area contributed by atoms with Crippen molar-refractivity contribution in [2.75, 3.05) is 32.7 Å². The van der Waals surface area contributed by atoms with Crippen molar-refractivity contribution in [3.8, 4) is 0 Å². The van der Waals surface area contributed by atoms with Gasteiger partial charge in [-0.05, 0) is 36.0 Å². The summed E-state index contributed by atoms with van der Waals surface area (Å²) in [7, 11) is 0. The van der Waals surface area contributed by atoms with E-state index in [9.17, 15) is 5.11 Å². The van der Waals surface area contributed by atoms with Crippen LogP contribution in [-0.4, -0.2) is 54.8 Å². The van der Waals surface area contributed by atoms with Crippen LogP contribution in [0.1, 0.15) is 36.5 Å². The molecule has 0 aromatic heterocycles. The van der Waals surface area contributed by atoms with E-state index in [1.165, 1.54) is 16.7 Å². The van der Waals surface area contributed by atoms with Crippen molar-refractivity contribution in [2.24, 2.45) is 4.99 Å². The van der Waals surface area contributed by atoms with Gasteiger partial charge in [0.15, 0.2) is 5.96 Å². The summed E-state index contributed by atoms with van der Waals surface area (Å²) in [6, 6.07) is 19.1. The lowest BCUT2D eigenvalue weighted by molar-refractivity contribution is 0.111. The minimum Gasteiger partial charge on any atom is -0.390 e. The zero-order chi connectivity index (χ0) is 20.5. The predicted molar refractivity (Wildman–Crippen MR) is 120 cm³/mol. The highest BCUT2D eigenvalue weighted by Gasteiger charge is 2.18. The summed E-state index contributed by atoms with van der Waals surface area (Å²) >= 11 is 0. The van der Waals surface area contributed by atoms with Gasteiger partial charge in [-0.2, -0.15) is 0 Å². The summed E-state index contributed by atoms with van der Waals surface area (Å²) in [5.41, 5.74) is 4.11. The number of aliphatic hydroxyl groups excluding tert-OH is 1. The van der Waals surface area contributed by atoms with Crippen LogP contribution < -0.4 is 10.6 Å². The number of aliphatic hydroxyl groups is 1. The molecule has 2 atom stereocenters. The van der Waals surface area contributed by atoms with Gasteiger partial charge in [0.1, 0.15) is 0 Å². The summed E-state index contributed by atoms with van der Waals surface area (Å²) in [6.45, 7) is 8.80. The first kappa shape index (κ1) is 21.3. The third kappa shape index (κ3) is 6.58. The zero-order valence-corrected chi connectivity index (χ0v) is 17.6. The van der Waals surface area contributed by atoms with Crippen LogP contribution in [0.2, 0.25) is 0 Å². The second kappa shape index (κ2) is 11.0. The molecule has 3 rings (SSSR count). The Kier molecular flexibility index (Phi) is 8.08. The van der Waals surface area contributed by atoms with E-state index in [0.717, 1.165) is 38.6 Å². The minimum atomic E-state index is -0.470. The maximum absolute atomic E-state index is 10.5. The number of aliphatic imine (C=N–C) groups is 1. The number of nitrogens with one attached hydrogen (secondary N) is 2. The first-order valence-corrected chi connectivity index (χ1v) is 10.7. The average Bonchev–Trinajstić information content (AvgIpc) is 2.76. The van der Waals surface area contributed by atoms with E-state index in [1.54, 1.807) is 0 Å². The van der Waals surface area contributed by atoms with Crippen LogP contribution in [0.4, 0.5) is 0 Å². The molecular weight excluding hydrogens is 360 g/mol. The molecule has 2 aromatic carbocycles. The fourth-order valence-electron chi connectivity index (χ4n) is 3.75. The van der Waals surface area contributed by atoms with Crippen LogP contribution in [0.15, 0.2) is 59.6 Å². The highest BCUT2D eigenvalue weighted by molar-refractivity contribution is 5.79. The van der Waals surface area contributed by atoms with Gasteiger partial charge in [-0.1, -0.05) is 61.5 Å². The van der Waals surface area contributed by atoms with Crippen molar-refractivity contribution in [3.63, 3.8) is 0 Å². The van der Waals surface area contributed by atoms with Gasteiger partial charge in [-0.25, -0.2) is 0 Å². The SMILES string of the molecule is CCNC(=NCC(O)CN1CCc2ccccc2C1)NCC(C)c1ccccc1. The van der Waals surface area contributed by atoms with Gasteiger partial charge >= 0.3 is 0 Å². The molecule has 0 fully saturated rings. The molecule has 5 heteroatoms. The van der Waals surface area contributed by atoms with Gasteiger partial charge in [-0.3, -0.25) is 9.89 Å². The number of rotatable bonds is 8. The van der Waals surface area contributed by atoms with Crippen molar-refractivity contribution in [1.29, 1.82) is 0 Å². The molecule has 5 nitrogen and oxygen atoms in total. The third-order valence-electron chi connectivity index (χ3n) is 5.43. The first-order valence-electron chi connectivity index (χ1n) is 10.7. The molecule has 0 saturated heterocycles. The summed E-state index contributed by atoms with van der Waals surface area (Å²) in [5, 5.41) is 17.2. The molecular formula is C24H34N4O. The van der Waals surface area contributed by atoms with E-state index in [-0.39, 0.29) is 0 Å². The summed E-state index contributed by atoms with van der Waals surface area (Å²) in [4.78, 5) is 6.93. The molecule has 0 radical (unpaired) electrons. The molecule has 0 bridgehead atoms. The van der Waals surface area contributed by atoms with E-state index >= 15 is 0 Å². The van der Waals surface area contributed by atoms with Gasteiger partial charge in [0.25, 0.3) is 0 Å². The Morgan fingerprint density at radius 2 is 1.79 bits per heavy atom. The average molecular weight is 395 g/mol. The maximum Gasteiger partial charge on any atom is 0.191 e. The number of hydrogen-bond acceptors (Lipinski definition) is 3. The number of nitrogens with zero attached hydrogens (tertiary/aromatic N) is 2. The standard InChI is InChI=1S/C24H34N4O/c1-3-25-24(26-15-19(2)20-9-5-4-6-10-20)27-16-23(29)18-28-14-13-21-11-7-8-12-22(21)17-28/h4-12,19,23,29H,3,13-18H2,1-2H3,(H2,25,26,27). The lowest BCUT2D eigenvalue weighted by Gasteiger charge is -2.30. The second-order valence-corrected chi connectivity index (χ2v) is 7.82. The zero-order valence-electron chi connectivity index (χ0n) is 17.6. The Bertz CT molecular complexity index is 777. The van der Waals surface area contributed by atoms with Crippen LogP contribution in [-0.2, 0) is 13.0 Å². The van der Waals surface area contributed by atoms with Crippen LogP contribution in [0.3, 0.4) is 0 Å². The fraction of sp³-hybridized carbons (Fsp3) is 0.458. The van der Waals surface area contributed by atoms with Crippen LogP contribution in [0.5, 0.6) is 0 Å². The molecule has 0 aliphatic carbocycles. The van der Waals surface area contributed by atoms with Gasteiger partial charge in [0.2, 0.25) is 0 Å². The molecule has 2 aromatic rings. The molecule has 1 aliphatic heterocycles. The van der Waals surface area contributed by atoms with Gasteiger partial charge in [0, 0.05) is 32.7 Å². The Labute approximate surface area is 174 Å². The number of benzene rings is 2. The van der Waals surface area contributed by atoms with Crippen molar-refractivity contribution in [2.45, 2.75) is 38.8 Å². The molecule has 29 heavy (non-hydrogen) atoms. The monoisotopic (exact) mass is 394 g/mol. The summed E-state index contributed by atoms with van der Waals surface area (Å²) < 4.78 is 0. The number of fused-ring (bicyclic) bond motifs is 1. The van der Waals surface area contributed by atoms with Crippen LogP contribution >= 0.6 is 0 Å². The highest BCUT2D eigenvalue weighted by Crippen LogP contribution is 2.18. The lowest BCUT2D eigenvalue weighted by Crippen LogP contribution is -2.41. The predicted octanol–water partition coefficient (Wildman–Crippen LogP) is 2.76. The molecule has 0 spiro atoms. The van der Waals surface area contributed by atoms with Crippen molar-refractivity contribution in [1.82, 2.24) is 15.5 Å². The van der Waals surface area contributed by atoms with E-state index in [0.29, 0.717) is 19.0 Å². The molecule has 0 saturated carbocycles. The minimum absolute atomic E-state index is 0.387. The quantitative estimate of drug-likeness (QED) is 0.476. The van der Waals surface area contributed by atoms with Gasteiger partial charge in [0.05, 0.1) is 12.6 Å². The van der Waals surface area contributed by atoms with Gasteiger partial charge in [-0.15, -0.1) is 0 Å². The highest BCUT2D eigenvalue weighted by atomic mass is 16.3. The third-order valence-corrected chi connectivity index (χ3v) is 5.43. The Morgan fingerprint density at radius 1 is 1.07 bits per heavy atom. The smallest absolute Gasteiger partial charge is 0.191 e. The molecule has 156 valence electrons.